The average Bonchev–Trinajstić information content (AvgIpc) is 3.40. The van der Waals surface area contributed by atoms with E-state index in [2.05, 4.69) is 16.1 Å². The lowest BCUT2D eigenvalue weighted by atomic mass is 9.82. The van der Waals surface area contributed by atoms with Crippen molar-refractivity contribution in [3.8, 4) is 0 Å². The van der Waals surface area contributed by atoms with Crippen molar-refractivity contribution in [1.29, 1.82) is 0 Å². The fraction of sp³-hybridized carbons (Fsp3) is 0.519. The molecule has 4 rings (SSSR count). The molecule has 0 radical (unpaired) electrons. The molecule has 2 atom stereocenters. The second-order valence-electron chi connectivity index (χ2n) is 9.58. The highest BCUT2D eigenvalue weighted by Gasteiger charge is 2.39. The molecule has 1 aliphatic carbocycles. The van der Waals surface area contributed by atoms with Crippen LogP contribution in [0, 0.1) is 0 Å². The summed E-state index contributed by atoms with van der Waals surface area (Å²) in [5, 5.41) is 3.91. The summed E-state index contributed by atoms with van der Waals surface area (Å²) in [6, 6.07) is 11.4. The normalized spacial score (nSPS) is 20.0. The number of likely N-dealkylation sites (N-methyl/N-ethyl adjacent to an activating group) is 1. The van der Waals surface area contributed by atoms with Crippen LogP contribution in [0.5, 0.6) is 0 Å². The lowest BCUT2D eigenvalue weighted by molar-refractivity contribution is -0.133. The van der Waals surface area contributed by atoms with E-state index >= 15 is 0 Å². The van der Waals surface area contributed by atoms with Gasteiger partial charge in [-0.15, -0.1) is 0 Å². The molecule has 1 amide bonds. The van der Waals surface area contributed by atoms with Crippen LogP contribution >= 0.6 is 30.9 Å². The van der Waals surface area contributed by atoms with E-state index in [1.54, 1.807) is 26.0 Å². The second kappa shape index (κ2) is 12.5. The first-order valence-corrected chi connectivity index (χ1v) is 15.3. The zero-order valence-corrected chi connectivity index (χ0v) is 24.1. The van der Waals surface area contributed by atoms with Gasteiger partial charge in [0, 0.05) is 18.8 Å². The van der Waals surface area contributed by atoms with Crippen LogP contribution < -0.4 is 5.09 Å². The van der Waals surface area contributed by atoms with Gasteiger partial charge >= 0.3 is 7.75 Å². The van der Waals surface area contributed by atoms with Crippen LogP contribution in [0.15, 0.2) is 36.4 Å². The van der Waals surface area contributed by atoms with Gasteiger partial charge in [-0.1, -0.05) is 35.3 Å². The summed E-state index contributed by atoms with van der Waals surface area (Å²) in [6.07, 6.45) is 4.48. The molecule has 1 heterocycles. The van der Waals surface area contributed by atoms with E-state index in [0.29, 0.717) is 15.7 Å². The number of benzene rings is 2. The number of nitrogens with zero attached hydrogens (tertiary/aromatic N) is 2. The number of aryl methyl sites for hydroxylation is 1. The smallest absolute Gasteiger partial charge is 0.337 e. The maximum atomic E-state index is 13.6. The van der Waals surface area contributed by atoms with E-state index < -0.39 is 7.75 Å². The number of amides is 1. The first-order chi connectivity index (χ1) is 17.7. The Labute approximate surface area is 230 Å². The maximum absolute atomic E-state index is 13.6. The van der Waals surface area contributed by atoms with Gasteiger partial charge < -0.3 is 4.90 Å². The van der Waals surface area contributed by atoms with Crippen LogP contribution in [0.1, 0.15) is 55.8 Å². The lowest BCUT2D eigenvalue weighted by Gasteiger charge is -2.44. The lowest BCUT2D eigenvalue weighted by Crippen LogP contribution is -2.48. The number of halogens is 2. The van der Waals surface area contributed by atoms with Gasteiger partial charge in [0.05, 0.1) is 35.7 Å². The number of nitrogens with one attached hydrogen (secondary N) is 1. The Morgan fingerprint density at radius 2 is 1.78 bits per heavy atom. The minimum Gasteiger partial charge on any atom is -0.337 e. The summed E-state index contributed by atoms with van der Waals surface area (Å²) in [6.45, 7) is 6.17. The van der Waals surface area contributed by atoms with Crippen molar-refractivity contribution in [2.45, 2.75) is 58.0 Å². The van der Waals surface area contributed by atoms with Crippen molar-refractivity contribution < 1.29 is 18.4 Å². The largest absolute Gasteiger partial charge is 0.432 e. The Balaban J connectivity index is 1.66. The van der Waals surface area contributed by atoms with Crippen molar-refractivity contribution in [3.63, 3.8) is 0 Å². The quantitative estimate of drug-likeness (QED) is 0.320. The molecule has 2 aliphatic rings. The van der Waals surface area contributed by atoms with Gasteiger partial charge in [0.2, 0.25) is 5.91 Å². The molecule has 0 spiro atoms. The first kappa shape index (κ1) is 28.4. The molecular formula is C27H36Cl2N3O4P. The molecular weight excluding hydrogens is 532 g/mol. The zero-order valence-electron chi connectivity index (χ0n) is 21.7. The van der Waals surface area contributed by atoms with Gasteiger partial charge in [0.25, 0.3) is 0 Å². The number of rotatable bonds is 10. The summed E-state index contributed by atoms with van der Waals surface area (Å²) in [5.41, 5.74) is 3.74. The first-order valence-electron chi connectivity index (χ1n) is 13.0. The van der Waals surface area contributed by atoms with Crippen molar-refractivity contribution in [3.05, 3.63) is 63.1 Å². The van der Waals surface area contributed by atoms with Crippen molar-refractivity contribution in [1.82, 2.24) is 9.80 Å². The molecule has 2 aromatic rings. The molecule has 0 aromatic heterocycles. The minimum absolute atomic E-state index is 0.00750. The molecule has 37 heavy (non-hydrogen) atoms. The van der Waals surface area contributed by atoms with Crippen LogP contribution in [0.3, 0.4) is 0 Å². The van der Waals surface area contributed by atoms with Crippen molar-refractivity contribution in [2.75, 3.05) is 38.4 Å². The van der Waals surface area contributed by atoms with Gasteiger partial charge in [0.1, 0.15) is 0 Å². The van der Waals surface area contributed by atoms with Gasteiger partial charge in [-0.2, -0.15) is 0 Å². The molecule has 1 fully saturated rings. The van der Waals surface area contributed by atoms with Gasteiger partial charge in [-0.25, -0.2) is 4.57 Å². The number of likely N-dealkylation sites (tertiary alicyclic amines) is 1. The van der Waals surface area contributed by atoms with Crippen molar-refractivity contribution in [2.24, 2.45) is 0 Å². The number of fused-ring (bicyclic) bond motifs is 1. The van der Waals surface area contributed by atoms with E-state index in [4.69, 9.17) is 32.2 Å². The Hall–Kier alpha value is -1.60. The molecule has 0 bridgehead atoms. The molecule has 10 heteroatoms. The highest BCUT2D eigenvalue weighted by atomic mass is 35.5. The van der Waals surface area contributed by atoms with E-state index in [0.717, 1.165) is 37.1 Å². The fourth-order valence-corrected chi connectivity index (χ4v) is 7.12. The summed E-state index contributed by atoms with van der Waals surface area (Å²) in [4.78, 5) is 18.0. The second-order valence-corrected chi connectivity index (χ2v) is 12.1. The Kier molecular flexibility index (Phi) is 9.60. The number of carbonyl (C=O) groups is 1. The third-order valence-electron chi connectivity index (χ3n) is 7.16. The van der Waals surface area contributed by atoms with E-state index in [-0.39, 0.29) is 37.6 Å². The fourth-order valence-electron chi connectivity index (χ4n) is 5.46. The van der Waals surface area contributed by atoms with Crippen LogP contribution in [0.2, 0.25) is 10.0 Å². The molecule has 1 aliphatic heterocycles. The van der Waals surface area contributed by atoms with Crippen LogP contribution in [-0.2, 0) is 31.2 Å². The van der Waals surface area contributed by atoms with E-state index in [1.807, 2.05) is 30.1 Å². The Morgan fingerprint density at radius 3 is 2.43 bits per heavy atom. The Bertz CT molecular complexity index is 1150. The van der Waals surface area contributed by atoms with Gasteiger partial charge in [-0.05, 0) is 93.6 Å². The summed E-state index contributed by atoms with van der Waals surface area (Å²) >= 11 is 12.3. The number of hydrogen-bond donors (Lipinski definition) is 1. The molecule has 202 valence electrons. The standard InChI is InChI=1S/C27H36Cl2N3O4P/c1-4-35-37(34,36-5-2)30-21-11-9-20-10-13-25(32-14-6-7-15-32)27(22(20)18-21)31(3)26(33)17-19-8-12-23(28)24(29)16-19/h8-9,11-12,16,18,25,27H,4-7,10,13-15,17H2,1-3H3,(H,30,34). The predicted octanol–water partition coefficient (Wildman–Crippen LogP) is 6.74. The Morgan fingerprint density at radius 1 is 1.08 bits per heavy atom. The van der Waals surface area contributed by atoms with Gasteiger partial charge in [0.15, 0.2) is 0 Å². The van der Waals surface area contributed by atoms with Gasteiger partial charge in [-0.3, -0.25) is 23.8 Å². The molecule has 2 aromatic carbocycles. The van der Waals surface area contributed by atoms with E-state index in [9.17, 15) is 9.36 Å². The maximum Gasteiger partial charge on any atom is 0.432 e. The number of carbonyl (C=O) groups excluding carboxylic acids is 1. The summed E-state index contributed by atoms with van der Waals surface area (Å²) < 4.78 is 24.0. The topological polar surface area (TPSA) is 71.1 Å². The summed E-state index contributed by atoms with van der Waals surface area (Å²) in [5.74, 6) is 0.00750. The predicted molar refractivity (Wildman–Crippen MR) is 150 cm³/mol. The molecule has 7 nitrogen and oxygen atoms in total. The third kappa shape index (κ3) is 6.70. The highest BCUT2D eigenvalue weighted by molar-refractivity contribution is 7.55. The highest BCUT2D eigenvalue weighted by Crippen LogP contribution is 2.49. The molecule has 1 N–H and O–H groups in total. The molecule has 2 unspecified atom stereocenters. The SMILES string of the molecule is CCOP(=O)(Nc1ccc2c(c1)C(N(C)C(=O)Cc1ccc(Cl)c(Cl)c1)C(N1CCCC1)CC2)OCC. The number of anilines is 1. The zero-order chi connectivity index (χ0) is 26.6. The van der Waals surface area contributed by atoms with Crippen LogP contribution in [-0.4, -0.2) is 55.1 Å². The third-order valence-corrected chi connectivity index (χ3v) is 9.63. The number of hydrogen-bond acceptors (Lipinski definition) is 5. The van der Waals surface area contributed by atoms with Crippen LogP contribution in [0.25, 0.3) is 0 Å². The van der Waals surface area contributed by atoms with E-state index in [1.165, 1.54) is 18.4 Å². The molecule has 0 saturated carbocycles. The van der Waals surface area contributed by atoms with Crippen LogP contribution in [0.4, 0.5) is 5.69 Å². The average molecular weight is 568 g/mol. The minimum atomic E-state index is -3.49. The molecule has 1 saturated heterocycles. The summed E-state index contributed by atoms with van der Waals surface area (Å²) in [7, 11) is -1.61. The monoisotopic (exact) mass is 567 g/mol. The van der Waals surface area contributed by atoms with Crippen molar-refractivity contribution >= 4 is 42.5 Å².